The minimum absolute atomic E-state index is 0. The van der Waals surface area contributed by atoms with Gasteiger partial charge in [-0.3, -0.25) is 9.78 Å². The summed E-state index contributed by atoms with van der Waals surface area (Å²) < 4.78 is 5.19. The van der Waals surface area contributed by atoms with Gasteiger partial charge in [0.05, 0.1) is 19.1 Å². The molecule has 2 aromatic rings. The fourth-order valence-electron chi connectivity index (χ4n) is 3.12. The quantitative estimate of drug-likeness (QED) is 0.909. The summed E-state index contributed by atoms with van der Waals surface area (Å²) in [6, 6.07) is 11.7. The van der Waals surface area contributed by atoms with E-state index >= 15 is 0 Å². The van der Waals surface area contributed by atoms with Crippen LogP contribution < -0.4 is 10.1 Å². The maximum atomic E-state index is 13.1. The molecule has 5 nitrogen and oxygen atoms in total. The van der Waals surface area contributed by atoms with Crippen molar-refractivity contribution in [2.24, 2.45) is 0 Å². The molecule has 0 bridgehead atoms. The zero-order chi connectivity index (χ0) is 16.9. The summed E-state index contributed by atoms with van der Waals surface area (Å²) in [6.07, 6.45) is 3.60. The van der Waals surface area contributed by atoms with Crippen molar-refractivity contribution in [1.29, 1.82) is 0 Å². The van der Waals surface area contributed by atoms with Crippen molar-refractivity contribution in [3.05, 3.63) is 59.9 Å². The van der Waals surface area contributed by atoms with E-state index in [2.05, 4.69) is 10.3 Å². The van der Waals surface area contributed by atoms with Gasteiger partial charge >= 0.3 is 0 Å². The van der Waals surface area contributed by atoms with Crippen LogP contribution >= 0.6 is 12.4 Å². The van der Waals surface area contributed by atoms with Crippen molar-refractivity contribution in [3.63, 3.8) is 0 Å². The van der Waals surface area contributed by atoms with Gasteiger partial charge in [-0.1, -0.05) is 18.2 Å². The van der Waals surface area contributed by atoms with Crippen molar-refractivity contribution in [2.75, 3.05) is 26.7 Å². The molecule has 1 aliphatic rings. The van der Waals surface area contributed by atoms with Gasteiger partial charge in [-0.15, -0.1) is 12.4 Å². The molecule has 2 unspecified atom stereocenters. The molecule has 1 N–H and O–H groups in total. The standard InChI is InChI=1S/C19H23N3O2.ClH/c1-14(15-5-7-17(24-2)8-6-15)19(23)22-11-10-21-13-18(22)16-4-3-9-20-12-16;/h3-9,12,14,18,21H,10-11,13H2,1-2H3;1H. The van der Waals surface area contributed by atoms with E-state index in [4.69, 9.17) is 4.74 Å². The first kappa shape index (κ1) is 19.2. The van der Waals surface area contributed by atoms with Crippen LogP contribution in [0.5, 0.6) is 5.75 Å². The molecule has 1 saturated heterocycles. The van der Waals surface area contributed by atoms with Gasteiger partial charge < -0.3 is 15.0 Å². The molecule has 1 aromatic carbocycles. The Morgan fingerprint density at radius 1 is 1.32 bits per heavy atom. The van der Waals surface area contributed by atoms with E-state index in [1.165, 1.54) is 0 Å². The number of carbonyl (C=O) groups is 1. The fourth-order valence-corrected chi connectivity index (χ4v) is 3.12. The molecule has 25 heavy (non-hydrogen) atoms. The molecule has 0 radical (unpaired) electrons. The van der Waals surface area contributed by atoms with E-state index in [0.717, 1.165) is 30.0 Å². The van der Waals surface area contributed by atoms with Crippen molar-refractivity contribution in [2.45, 2.75) is 18.9 Å². The minimum atomic E-state index is -0.187. The Labute approximate surface area is 154 Å². The lowest BCUT2D eigenvalue weighted by atomic mass is 9.96. The Hall–Kier alpha value is -2.11. The zero-order valence-electron chi connectivity index (χ0n) is 14.5. The Bertz CT molecular complexity index is 679. The summed E-state index contributed by atoms with van der Waals surface area (Å²) >= 11 is 0. The van der Waals surface area contributed by atoms with Crippen LogP contribution in [0.2, 0.25) is 0 Å². The number of carbonyl (C=O) groups excluding carboxylic acids is 1. The third-order valence-electron chi connectivity index (χ3n) is 4.58. The summed E-state index contributed by atoms with van der Waals surface area (Å²) in [4.78, 5) is 19.3. The molecule has 1 fully saturated rings. The van der Waals surface area contributed by atoms with Gasteiger partial charge in [0.25, 0.3) is 0 Å². The van der Waals surface area contributed by atoms with Crippen LogP contribution in [0, 0.1) is 0 Å². The number of benzene rings is 1. The highest BCUT2D eigenvalue weighted by Gasteiger charge is 2.31. The molecule has 134 valence electrons. The molecule has 2 atom stereocenters. The Morgan fingerprint density at radius 3 is 2.72 bits per heavy atom. The van der Waals surface area contributed by atoms with Crippen LogP contribution in [-0.4, -0.2) is 42.5 Å². The molecule has 3 rings (SSSR count). The van der Waals surface area contributed by atoms with E-state index in [1.807, 2.05) is 54.4 Å². The van der Waals surface area contributed by atoms with Gasteiger partial charge in [0.15, 0.2) is 0 Å². The van der Waals surface area contributed by atoms with Crippen LogP contribution in [0.1, 0.15) is 30.0 Å². The predicted molar refractivity (Wildman–Crippen MR) is 100 cm³/mol. The van der Waals surface area contributed by atoms with Crippen molar-refractivity contribution in [1.82, 2.24) is 15.2 Å². The van der Waals surface area contributed by atoms with Gasteiger partial charge in [0.2, 0.25) is 5.91 Å². The second-order valence-corrected chi connectivity index (χ2v) is 6.03. The summed E-state index contributed by atoms with van der Waals surface area (Å²) in [5, 5.41) is 3.37. The average molecular weight is 362 g/mol. The van der Waals surface area contributed by atoms with Crippen molar-refractivity contribution < 1.29 is 9.53 Å². The van der Waals surface area contributed by atoms with Gasteiger partial charge in [-0.2, -0.15) is 0 Å². The van der Waals surface area contributed by atoms with Crippen molar-refractivity contribution >= 4 is 18.3 Å². The Balaban J connectivity index is 0.00000225. The SMILES string of the molecule is COc1ccc(C(C)C(=O)N2CCNCC2c2cccnc2)cc1.Cl. The van der Waals surface area contributed by atoms with Crippen LogP contribution in [0.4, 0.5) is 0 Å². The lowest BCUT2D eigenvalue weighted by Gasteiger charge is -2.38. The molecule has 0 spiro atoms. The number of methoxy groups -OCH3 is 1. The first-order valence-electron chi connectivity index (χ1n) is 8.26. The van der Waals surface area contributed by atoms with Crippen molar-refractivity contribution in [3.8, 4) is 5.75 Å². The maximum Gasteiger partial charge on any atom is 0.230 e. The highest BCUT2D eigenvalue weighted by Crippen LogP contribution is 2.27. The number of rotatable bonds is 4. The summed E-state index contributed by atoms with van der Waals surface area (Å²) in [7, 11) is 1.64. The second-order valence-electron chi connectivity index (χ2n) is 6.03. The topological polar surface area (TPSA) is 54.5 Å². The summed E-state index contributed by atoms with van der Waals surface area (Å²) in [6.45, 7) is 4.25. The normalized spacial score (nSPS) is 18.2. The molecule has 0 aliphatic carbocycles. The van der Waals surface area contributed by atoms with Crippen LogP contribution in [-0.2, 0) is 4.79 Å². The van der Waals surface area contributed by atoms with Gasteiger partial charge in [-0.05, 0) is 36.2 Å². The third-order valence-corrected chi connectivity index (χ3v) is 4.58. The number of amides is 1. The number of aromatic nitrogens is 1. The first-order valence-corrected chi connectivity index (χ1v) is 8.26. The largest absolute Gasteiger partial charge is 0.497 e. The molecular formula is C19H24ClN3O2. The lowest BCUT2D eigenvalue weighted by Crippen LogP contribution is -2.49. The van der Waals surface area contributed by atoms with Gasteiger partial charge in [0.1, 0.15) is 5.75 Å². The maximum absolute atomic E-state index is 13.1. The smallest absolute Gasteiger partial charge is 0.230 e. The number of nitrogens with zero attached hydrogens (tertiary/aromatic N) is 2. The van der Waals surface area contributed by atoms with Gasteiger partial charge in [-0.25, -0.2) is 0 Å². The number of ether oxygens (including phenoxy) is 1. The predicted octanol–water partition coefficient (Wildman–Crippen LogP) is 2.79. The summed E-state index contributed by atoms with van der Waals surface area (Å²) in [5.41, 5.74) is 2.07. The highest BCUT2D eigenvalue weighted by atomic mass is 35.5. The monoisotopic (exact) mass is 361 g/mol. The molecular weight excluding hydrogens is 338 g/mol. The number of hydrogen-bond acceptors (Lipinski definition) is 4. The van der Waals surface area contributed by atoms with Crippen LogP contribution in [0.3, 0.4) is 0 Å². The van der Waals surface area contributed by atoms with E-state index in [0.29, 0.717) is 6.54 Å². The minimum Gasteiger partial charge on any atom is -0.497 e. The number of hydrogen-bond donors (Lipinski definition) is 1. The molecule has 0 saturated carbocycles. The fraction of sp³-hybridized carbons (Fsp3) is 0.368. The summed E-state index contributed by atoms with van der Waals surface area (Å²) in [5.74, 6) is 0.762. The Morgan fingerprint density at radius 2 is 2.08 bits per heavy atom. The van der Waals surface area contributed by atoms with Crippen LogP contribution in [0.25, 0.3) is 0 Å². The highest BCUT2D eigenvalue weighted by molar-refractivity contribution is 5.85. The number of halogens is 1. The average Bonchev–Trinajstić information content (AvgIpc) is 2.67. The lowest BCUT2D eigenvalue weighted by molar-refractivity contribution is -0.135. The third kappa shape index (κ3) is 4.30. The van der Waals surface area contributed by atoms with E-state index in [9.17, 15) is 4.79 Å². The molecule has 2 heterocycles. The molecule has 1 aliphatic heterocycles. The molecule has 1 aromatic heterocycles. The zero-order valence-corrected chi connectivity index (χ0v) is 15.3. The number of piperazine rings is 1. The first-order chi connectivity index (χ1) is 11.7. The van der Waals surface area contributed by atoms with E-state index < -0.39 is 0 Å². The number of pyridine rings is 1. The molecule has 6 heteroatoms. The van der Waals surface area contributed by atoms with Gasteiger partial charge in [0, 0.05) is 32.0 Å². The second kappa shape index (κ2) is 8.83. The Kier molecular flexibility index (Phi) is 6.79. The molecule has 1 amide bonds. The number of nitrogens with one attached hydrogen (secondary N) is 1. The van der Waals surface area contributed by atoms with Crippen LogP contribution in [0.15, 0.2) is 48.8 Å². The van der Waals surface area contributed by atoms with E-state index in [1.54, 1.807) is 13.3 Å². The van der Waals surface area contributed by atoms with E-state index in [-0.39, 0.29) is 30.3 Å².